The molecule has 6 nitrogen and oxygen atoms in total. The third-order valence-corrected chi connectivity index (χ3v) is 5.25. The van der Waals surface area contributed by atoms with Gasteiger partial charge in [-0.3, -0.25) is 9.69 Å². The minimum absolute atomic E-state index is 0.110. The van der Waals surface area contributed by atoms with Crippen molar-refractivity contribution in [1.82, 2.24) is 14.1 Å². The molecule has 1 fully saturated rings. The first kappa shape index (κ1) is 17.8. The molecule has 1 aliphatic heterocycles. The summed E-state index contributed by atoms with van der Waals surface area (Å²) in [6.45, 7) is 2.25. The summed E-state index contributed by atoms with van der Waals surface area (Å²) < 4.78 is 37.9. The lowest BCUT2D eigenvalue weighted by atomic mass is 10.2. The first-order valence-corrected chi connectivity index (χ1v) is 9.27. The predicted octanol–water partition coefficient (Wildman–Crippen LogP) is 0.361. The van der Waals surface area contributed by atoms with E-state index in [0.717, 1.165) is 0 Å². The van der Waals surface area contributed by atoms with Crippen molar-refractivity contribution in [1.29, 1.82) is 0 Å². The average molecular weight is 343 g/mol. The number of hydrogen-bond acceptors (Lipinski definition) is 4. The number of likely N-dealkylation sites (N-methyl/N-ethyl adjacent to an activating group) is 1. The second-order valence-corrected chi connectivity index (χ2v) is 7.76. The van der Waals surface area contributed by atoms with Crippen molar-refractivity contribution in [2.75, 3.05) is 46.0 Å². The van der Waals surface area contributed by atoms with Crippen molar-refractivity contribution in [2.24, 2.45) is 0 Å². The van der Waals surface area contributed by atoms with E-state index in [9.17, 15) is 17.6 Å². The number of hydrogen-bond donors (Lipinski definition) is 0. The number of sulfonamides is 1. The van der Waals surface area contributed by atoms with Gasteiger partial charge in [-0.15, -0.1) is 0 Å². The molecular formula is C15H22FN3O3S. The van der Waals surface area contributed by atoms with Crippen molar-refractivity contribution < 1.29 is 17.6 Å². The highest BCUT2D eigenvalue weighted by molar-refractivity contribution is 7.88. The van der Waals surface area contributed by atoms with Crippen LogP contribution < -0.4 is 0 Å². The molecule has 2 rings (SSSR count). The molecule has 1 saturated heterocycles. The van der Waals surface area contributed by atoms with Crippen LogP contribution >= 0.6 is 0 Å². The minimum Gasteiger partial charge on any atom is -0.340 e. The Morgan fingerprint density at radius 3 is 2.39 bits per heavy atom. The SMILES string of the molecule is CN(Cc1ccccc1F)C(=O)CN1CCN(S(C)(=O)=O)CC1. The lowest BCUT2D eigenvalue weighted by Gasteiger charge is -2.33. The lowest BCUT2D eigenvalue weighted by molar-refractivity contribution is -0.131. The largest absolute Gasteiger partial charge is 0.340 e. The first-order valence-electron chi connectivity index (χ1n) is 7.42. The molecule has 23 heavy (non-hydrogen) atoms. The molecule has 1 aliphatic rings. The summed E-state index contributed by atoms with van der Waals surface area (Å²) in [5.41, 5.74) is 0.477. The summed E-state index contributed by atoms with van der Waals surface area (Å²) >= 11 is 0. The zero-order valence-corrected chi connectivity index (χ0v) is 14.2. The predicted molar refractivity (Wildman–Crippen MR) is 85.7 cm³/mol. The molecule has 0 spiro atoms. The smallest absolute Gasteiger partial charge is 0.236 e. The number of carbonyl (C=O) groups excluding carboxylic acids is 1. The van der Waals surface area contributed by atoms with Crippen molar-refractivity contribution in [2.45, 2.75) is 6.54 Å². The molecule has 0 saturated carbocycles. The topological polar surface area (TPSA) is 60.9 Å². The molecular weight excluding hydrogens is 321 g/mol. The van der Waals surface area contributed by atoms with Crippen molar-refractivity contribution in [3.8, 4) is 0 Å². The summed E-state index contributed by atoms with van der Waals surface area (Å²) in [6.07, 6.45) is 1.19. The van der Waals surface area contributed by atoms with E-state index >= 15 is 0 Å². The maximum atomic E-state index is 13.6. The number of benzene rings is 1. The lowest BCUT2D eigenvalue weighted by Crippen LogP contribution is -2.50. The molecule has 0 aliphatic carbocycles. The van der Waals surface area contributed by atoms with Gasteiger partial charge in [0.05, 0.1) is 12.8 Å². The van der Waals surface area contributed by atoms with Crippen molar-refractivity contribution in [3.63, 3.8) is 0 Å². The fourth-order valence-corrected chi connectivity index (χ4v) is 3.33. The van der Waals surface area contributed by atoms with Gasteiger partial charge >= 0.3 is 0 Å². The van der Waals surface area contributed by atoms with Crippen LogP contribution in [0, 0.1) is 5.82 Å². The number of piperazine rings is 1. The molecule has 0 aromatic heterocycles. The Morgan fingerprint density at radius 1 is 1.22 bits per heavy atom. The van der Waals surface area contributed by atoms with Gasteiger partial charge in [0.1, 0.15) is 5.82 Å². The third-order valence-electron chi connectivity index (χ3n) is 3.95. The van der Waals surface area contributed by atoms with Gasteiger partial charge in [0, 0.05) is 45.3 Å². The van der Waals surface area contributed by atoms with Crippen molar-refractivity contribution >= 4 is 15.9 Å². The van der Waals surface area contributed by atoms with E-state index in [1.807, 2.05) is 4.90 Å². The summed E-state index contributed by atoms with van der Waals surface area (Å²) in [4.78, 5) is 15.6. The molecule has 0 unspecified atom stereocenters. The summed E-state index contributed by atoms with van der Waals surface area (Å²) in [5, 5.41) is 0. The Labute approximate surface area is 136 Å². The van der Waals surface area contributed by atoms with Crippen LogP contribution in [0.2, 0.25) is 0 Å². The van der Waals surface area contributed by atoms with Crippen LogP contribution in [0.3, 0.4) is 0 Å². The zero-order valence-electron chi connectivity index (χ0n) is 13.4. The Kier molecular flexibility index (Phi) is 5.72. The van der Waals surface area contributed by atoms with Crippen molar-refractivity contribution in [3.05, 3.63) is 35.6 Å². The zero-order chi connectivity index (χ0) is 17.0. The van der Waals surface area contributed by atoms with Gasteiger partial charge < -0.3 is 4.90 Å². The highest BCUT2D eigenvalue weighted by Crippen LogP contribution is 2.10. The Balaban J connectivity index is 1.84. The molecule has 0 atom stereocenters. The van der Waals surface area contributed by atoms with Crippen LogP contribution in [0.4, 0.5) is 4.39 Å². The van der Waals surface area contributed by atoms with Crippen LogP contribution in [0.1, 0.15) is 5.56 Å². The highest BCUT2D eigenvalue weighted by Gasteiger charge is 2.25. The molecule has 8 heteroatoms. The molecule has 1 heterocycles. The second-order valence-electron chi connectivity index (χ2n) is 5.78. The van der Waals surface area contributed by atoms with Gasteiger partial charge in [-0.25, -0.2) is 12.8 Å². The third kappa shape index (κ3) is 4.98. The summed E-state index contributed by atoms with van der Waals surface area (Å²) in [6, 6.07) is 6.38. The maximum absolute atomic E-state index is 13.6. The highest BCUT2D eigenvalue weighted by atomic mass is 32.2. The molecule has 1 amide bonds. The molecule has 0 bridgehead atoms. The molecule has 0 radical (unpaired) electrons. The molecule has 1 aromatic rings. The molecule has 128 valence electrons. The Morgan fingerprint density at radius 2 is 1.83 bits per heavy atom. The second kappa shape index (κ2) is 7.37. The van der Waals surface area contributed by atoms with Crippen LogP contribution in [0.25, 0.3) is 0 Å². The Bertz CT molecular complexity index is 658. The normalized spacial score (nSPS) is 17.2. The van der Waals surface area contributed by atoms with Crippen LogP contribution in [-0.4, -0.2) is 74.5 Å². The first-order chi connectivity index (χ1) is 10.8. The van der Waals surface area contributed by atoms with Gasteiger partial charge in [0.2, 0.25) is 15.9 Å². The monoisotopic (exact) mass is 343 g/mol. The summed E-state index contributed by atoms with van der Waals surface area (Å²) in [5.74, 6) is -0.435. The quantitative estimate of drug-likeness (QED) is 0.775. The van der Waals surface area contributed by atoms with E-state index in [1.54, 1.807) is 25.2 Å². The van der Waals surface area contributed by atoms with Gasteiger partial charge in [-0.2, -0.15) is 4.31 Å². The van der Waals surface area contributed by atoms with E-state index in [2.05, 4.69) is 0 Å². The molecule has 1 aromatic carbocycles. The number of rotatable bonds is 5. The van der Waals surface area contributed by atoms with Gasteiger partial charge in [0.25, 0.3) is 0 Å². The van der Waals surface area contributed by atoms with E-state index in [4.69, 9.17) is 0 Å². The number of carbonyl (C=O) groups is 1. The van der Waals surface area contributed by atoms with Crippen LogP contribution in [-0.2, 0) is 21.4 Å². The standard InChI is InChI=1S/C15H22FN3O3S/c1-17(11-13-5-3-4-6-14(13)16)15(20)12-18-7-9-19(10-8-18)23(2,21)22/h3-6H,7-12H2,1-2H3. The number of nitrogens with zero attached hydrogens (tertiary/aromatic N) is 3. The van der Waals surface area contributed by atoms with E-state index in [0.29, 0.717) is 31.7 Å². The maximum Gasteiger partial charge on any atom is 0.236 e. The number of halogens is 1. The fraction of sp³-hybridized carbons (Fsp3) is 0.533. The van der Waals surface area contributed by atoms with E-state index < -0.39 is 10.0 Å². The van der Waals surface area contributed by atoms with E-state index in [-0.39, 0.29) is 24.8 Å². The van der Waals surface area contributed by atoms with E-state index in [1.165, 1.54) is 21.5 Å². The van der Waals surface area contributed by atoms with Gasteiger partial charge in [-0.05, 0) is 6.07 Å². The fourth-order valence-electron chi connectivity index (χ4n) is 2.50. The molecule has 0 N–H and O–H groups in total. The number of amides is 1. The average Bonchev–Trinajstić information content (AvgIpc) is 2.49. The van der Waals surface area contributed by atoms with Crippen LogP contribution in [0.15, 0.2) is 24.3 Å². The summed E-state index contributed by atoms with van der Waals surface area (Å²) in [7, 11) is -1.53. The Hall–Kier alpha value is -1.51. The van der Waals surface area contributed by atoms with Gasteiger partial charge in [0.15, 0.2) is 0 Å². The van der Waals surface area contributed by atoms with Crippen LogP contribution in [0.5, 0.6) is 0 Å². The van der Waals surface area contributed by atoms with Gasteiger partial charge in [-0.1, -0.05) is 18.2 Å². The minimum atomic E-state index is -3.17.